The van der Waals surface area contributed by atoms with E-state index in [1.165, 1.54) is 30.3 Å². The van der Waals surface area contributed by atoms with Gasteiger partial charge >= 0.3 is 0 Å². The standard InChI is InChI=1S/C74H37N5OS3/c1-75-63-62(54-26-17-25-50-43-21-6-13-30-58(43)80-71(50)54)68(77-55-27-10-3-18-40(55)47-34-37-51-44-22-7-14-31-59(44)81-72(51)65(47)77)70(79-57-29-12-5-20-42(57)49-36-39-53-46-24-9-16-33-61(46)83-74(53)67(49)79)64(76-2)69(63)78-56-28-11-4-19-41(56)48-35-38-52-45-23-8-15-32-60(45)82-73(52)66(48)78/h3-39H. The first-order chi connectivity index (χ1) is 41.1. The van der Waals surface area contributed by atoms with Gasteiger partial charge in [-0.15, -0.1) is 34.0 Å². The van der Waals surface area contributed by atoms with Crippen molar-refractivity contribution in [3.63, 3.8) is 0 Å². The zero-order valence-electron chi connectivity index (χ0n) is 43.7. The molecule has 0 radical (unpaired) electrons. The van der Waals surface area contributed by atoms with E-state index in [4.69, 9.17) is 14.1 Å². The van der Waals surface area contributed by atoms with E-state index >= 15 is 0 Å². The molecule has 12 aromatic carbocycles. The van der Waals surface area contributed by atoms with E-state index in [0.717, 1.165) is 123 Å². The number of fused-ring (bicyclic) bond motifs is 24. The maximum absolute atomic E-state index is 10.1. The molecule has 0 atom stereocenters. The summed E-state index contributed by atoms with van der Waals surface area (Å²) in [6.07, 6.45) is 0. The molecule has 0 amide bonds. The van der Waals surface area contributed by atoms with Gasteiger partial charge < -0.3 is 18.1 Å². The summed E-state index contributed by atoms with van der Waals surface area (Å²) in [4.78, 5) is 9.85. The molecule has 6 nitrogen and oxygen atoms in total. The van der Waals surface area contributed by atoms with Gasteiger partial charge in [0.2, 0.25) is 11.4 Å². The van der Waals surface area contributed by atoms with Crippen molar-refractivity contribution in [2.75, 3.05) is 0 Å². The summed E-state index contributed by atoms with van der Waals surface area (Å²) in [5.74, 6) is 0. The lowest BCUT2D eigenvalue weighted by molar-refractivity contribution is 0.670. The van der Waals surface area contributed by atoms with E-state index in [1.807, 2.05) is 12.1 Å². The zero-order chi connectivity index (χ0) is 54.3. The van der Waals surface area contributed by atoms with Gasteiger partial charge in [0.05, 0.1) is 77.4 Å². The van der Waals surface area contributed by atoms with Crippen LogP contribution in [0.2, 0.25) is 0 Å². The first-order valence-corrected chi connectivity index (χ1v) is 30.0. The summed E-state index contributed by atoms with van der Waals surface area (Å²) in [6.45, 7) is 20.2. The summed E-state index contributed by atoms with van der Waals surface area (Å²) in [5, 5.41) is 15.3. The van der Waals surface area contributed by atoms with Crippen LogP contribution in [0.25, 0.3) is 186 Å². The maximum atomic E-state index is 10.1. The molecule has 0 saturated heterocycles. The number of furan rings is 1. The van der Waals surface area contributed by atoms with E-state index in [0.29, 0.717) is 33.9 Å². The maximum Gasteiger partial charge on any atom is 0.225 e. The van der Waals surface area contributed by atoms with Crippen LogP contribution in [-0.4, -0.2) is 13.7 Å². The van der Waals surface area contributed by atoms with Crippen molar-refractivity contribution in [3.05, 3.63) is 247 Å². The summed E-state index contributed by atoms with van der Waals surface area (Å²) < 4.78 is 21.2. The first-order valence-electron chi connectivity index (χ1n) is 27.6. The largest absolute Gasteiger partial charge is 0.455 e. The molecule has 0 unspecified atom stereocenters. The highest BCUT2D eigenvalue weighted by atomic mass is 32.1. The van der Waals surface area contributed by atoms with Gasteiger partial charge in [0.15, 0.2) is 0 Å². The Bertz CT molecular complexity index is 6240. The van der Waals surface area contributed by atoms with Crippen LogP contribution >= 0.6 is 34.0 Å². The number of benzene rings is 12. The van der Waals surface area contributed by atoms with Crippen LogP contribution in [0.3, 0.4) is 0 Å². The van der Waals surface area contributed by atoms with Crippen LogP contribution in [0.15, 0.2) is 229 Å². The average Bonchev–Trinajstić information content (AvgIpc) is 1.77. The number of hydrogen-bond donors (Lipinski definition) is 0. The normalized spacial score (nSPS) is 12.3. The highest BCUT2D eigenvalue weighted by Crippen LogP contribution is 2.58. The molecule has 0 N–H and O–H groups in total. The monoisotopic (exact) mass is 1110 g/mol. The number of hydrogen-bond acceptors (Lipinski definition) is 4. The van der Waals surface area contributed by atoms with Gasteiger partial charge in [0, 0.05) is 101 Å². The molecule has 0 spiro atoms. The zero-order valence-corrected chi connectivity index (χ0v) is 46.2. The lowest BCUT2D eigenvalue weighted by Crippen LogP contribution is -2.09. The minimum atomic E-state index is 0.352. The van der Waals surface area contributed by atoms with Crippen LogP contribution in [0.4, 0.5) is 11.4 Å². The van der Waals surface area contributed by atoms with Crippen LogP contribution in [0, 0.1) is 13.1 Å². The lowest BCUT2D eigenvalue weighted by Gasteiger charge is -2.27. The topological polar surface area (TPSA) is 36.6 Å². The highest BCUT2D eigenvalue weighted by Gasteiger charge is 2.36. The molecule has 0 aliphatic carbocycles. The van der Waals surface area contributed by atoms with Gasteiger partial charge in [0.1, 0.15) is 11.2 Å². The Morgan fingerprint density at radius 2 is 0.675 bits per heavy atom. The minimum absolute atomic E-state index is 0.352. The van der Waals surface area contributed by atoms with Crippen molar-refractivity contribution in [2.45, 2.75) is 0 Å². The van der Waals surface area contributed by atoms with Gasteiger partial charge in [-0.3, -0.25) is 0 Å². The third kappa shape index (κ3) is 5.82. The molecule has 19 aromatic rings. The number of para-hydroxylation sites is 5. The van der Waals surface area contributed by atoms with Crippen molar-refractivity contribution in [3.8, 4) is 28.2 Å². The van der Waals surface area contributed by atoms with Crippen molar-refractivity contribution in [2.24, 2.45) is 0 Å². The summed E-state index contributed by atoms with van der Waals surface area (Å²) >= 11 is 5.35. The highest BCUT2D eigenvalue weighted by molar-refractivity contribution is 7.27. The number of nitrogens with zero attached hydrogens (tertiary/aromatic N) is 5. The van der Waals surface area contributed by atoms with Gasteiger partial charge in [-0.1, -0.05) is 182 Å². The fraction of sp³-hybridized carbons (Fsp3) is 0. The number of thiophene rings is 3. The molecule has 7 aromatic heterocycles. The molecule has 0 fully saturated rings. The van der Waals surface area contributed by atoms with Crippen LogP contribution < -0.4 is 0 Å². The van der Waals surface area contributed by atoms with Crippen molar-refractivity contribution in [1.82, 2.24) is 13.7 Å². The Kier molecular flexibility index (Phi) is 9.02. The lowest BCUT2D eigenvalue weighted by atomic mass is 9.94. The molecule has 19 rings (SSSR count). The molecule has 9 heteroatoms. The van der Waals surface area contributed by atoms with Crippen LogP contribution in [-0.2, 0) is 0 Å². The van der Waals surface area contributed by atoms with Crippen molar-refractivity contribution < 1.29 is 4.42 Å². The second-order valence-corrected chi connectivity index (χ2v) is 24.6. The Balaban J connectivity index is 1.15. The molecule has 83 heavy (non-hydrogen) atoms. The fourth-order valence-electron chi connectivity index (χ4n) is 14.1. The van der Waals surface area contributed by atoms with Gasteiger partial charge in [-0.2, -0.15) is 0 Å². The van der Waals surface area contributed by atoms with Crippen molar-refractivity contribution >= 4 is 193 Å². The molecule has 0 aliphatic heterocycles. The first kappa shape index (κ1) is 45.2. The molecular formula is C74H37N5OS3. The Labute approximate surface area is 483 Å². The van der Waals surface area contributed by atoms with Crippen LogP contribution in [0.5, 0.6) is 0 Å². The summed E-state index contributed by atoms with van der Waals surface area (Å²) in [6, 6.07) is 80.1. The smallest absolute Gasteiger partial charge is 0.225 e. The van der Waals surface area contributed by atoms with Crippen LogP contribution in [0.1, 0.15) is 0 Å². The summed E-state index contributed by atoms with van der Waals surface area (Å²) in [7, 11) is 0. The third-order valence-corrected chi connectivity index (χ3v) is 21.1. The molecule has 7 heterocycles. The van der Waals surface area contributed by atoms with Crippen molar-refractivity contribution in [1.29, 1.82) is 0 Å². The predicted octanol–water partition coefficient (Wildman–Crippen LogP) is 22.7. The minimum Gasteiger partial charge on any atom is -0.455 e. The van der Waals surface area contributed by atoms with E-state index in [1.54, 1.807) is 34.0 Å². The quantitative estimate of drug-likeness (QED) is 0.162. The Morgan fingerprint density at radius 1 is 0.301 bits per heavy atom. The summed E-state index contributed by atoms with van der Waals surface area (Å²) in [5.41, 5.74) is 11.3. The second-order valence-electron chi connectivity index (χ2n) is 21.5. The van der Waals surface area contributed by atoms with Gasteiger partial charge in [-0.25, -0.2) is 9.69 Å². The number of aromatic nitrogens is 3. The van der Waals surface area contributed by atoms with Gasteiger partial charge in [0.25, 0.3) is 0 Å². The Hall–Kier alpha value is -10.5. The molecule has 0 aliphatic rings. The average molecular weight is 1110 g/mol. The SMILES string of the molecule is [C-]#[N+]c1c(-c2cccc3c2oc2ccccc23)c(-n2c3ccccc3c3ccc4c5ccccc5sc4c32)c(-n2c3ccccc3c3ccc4c5ccccc5sc4c32)c([N+]#[C-])c1-n1c2ccccc2c2ccc3c4ccccc4sc3c21. The van der Waals surface area contributed by atoms with E-state index < -0.39 is 0 Å². The third-order valence-electron chi connectivity index (χ3n) is 17.5. The number of rotatable bonds is 4. The van der Waals surface area contributed by atoms with Gasteiger partial charge in [-0.05, 0) is 42.5 Å². The molecule has 0 saturated carbocycles. The second kappa shape index (κ2) is 16.5. The fourth-order valence-corrected chi connectivity index (χ4v) is 17.9. The Morgan fingerprint density at radius 3 is 1.14 bits per heavy atom. The molecular weight excluding hydrogens is 1070 g/mol. The van der Waals surface area contributed by atoms with E-state index in [2.05, 4.69) is 226 Å². The molecule has 0 bridgehead atoms. The molecule has 382 valence electrons. The van der Waals surface area contributed by atoms with E-state index in [-0.39, 0.29) is 0 Å². The van der Waals surface area contributed by atoms with E-state index in [9.17, 15) is 13.1 Å². The predicted molar refractivity (Wildman–Crippen MR) is 353 cm³/mol.